The second-order valence-corrected chi connectivity index (χ2v) is 4.76. The molecule has 0 spiro atoms. The van der Waals surface area contributed by atoms with Crippen molar-refractivity contribution in [3.05, 3.63) is 59.4 Å². The van der Waals surface area contributed by atoms with Crippen molar-refractivity contribution < 1.29 is 23.5 Å². The first kappa shape index (κ1) is 16.5. The number of carbonyl (C=O) groups is 2. The maximum absolute atomic E-state index is 13.3. The number of nitrogens with one attached hydrogen (secondary N) is 1. The van der Waals surface area contributed by atoms with Gasteiger partial charge in [-0.05, 0) is 35.9 Å². The lowest BCUT2D eigenvalue weighted by atomic mass is 10.1. The van der Waals surface area contributed by atoms with Crippen LogP contribution in [-0.2, 0) is 16.0 Å². The Kier molecular flexibility index (Phi) is 5.30. The Hall–Kier alpha value is -2.89. The van der Waals surface area contributed by atoms with E-state index >= 15 is 0 Å². The van der Waals surface area contributed by atoms with Gasteiger partial charge < -0.3 is 14.8 Å². The van der Waals surface area contributed by atoms with E-state index in [1.165, 1.54) is 13.2 Å². The lowest BCUT2D eigenvalue weighted by Gasteiger charge is -2.10. The van der Waals surface area contributed by atoms with Gasteiger partial charge in [0.05, 0.1) is 31.9 Å². The molecule has 0 aliphatic carbocycles. The quantitative estimate of drug-likeness (QED) is 0.861. The van der Waals surface area contributed by atoms with Gasteiger partial charge in [-0.15, -0.1) is 0 Å². The summed E-state index contributed by atoms with van der Waals surface area (Å²) in [5.41, 5.74) is 0.918. The first-order chi connectivity index (χ1) is 11.0. The molecular weight excluding hydrogens is 301 g/mol. The third-order valence-corrected chi connectivity index (χ3v) is 3.16. The van der Waals surface area contributed by atoms with Crippen molar-refractivity contribution in [3.63, 3.8) is 0 Å². The first-order valence-electron chi connectivity index (χ1n) is 6.84. The normalized spacial score (nSPS) is 10.0. The lowest BCUT2D eigenvalue weighted by Crippen LogP contribution is -2.17. The van der Waals surface area contributed by atoms with Gasteiger partial charge in [0.15, 0.2) is 0 Å². The number of amides is 1. The molecule has 2 rings (SSSR count). The Morgan fingerprint density at radius 1 is 1.13 bits per heavy atom. The zero-order chi connectivity index (χ0) is 16.8. The summed E-state index contributed by atoms with van der Waals surface area (Å²) < 4.78 is 23.0. The topological polar surface area (TPSA) is 64.6 Å². The third kappa shape index (κ3) is 4.29. The van der Waals surface area contributed by atoms with E-state index in [-0.39, 0.29) is 23.6 Å². The average Bonchev–Trinajstić information content (AvgIpc) is 2.55. The molecule has 0 saturated carbocycles. The largest absolute Gasteiger partial charge is 0.497 e. The minimum atomic E-state index is -0.721. The molecule has 0 fully saturated rings. The highest BCUT2D eigenvalue weighted by molar-refractivity contribution is 6.01. The molecule has 0 aliphatic rings. The van der Waals surface area contributed by atoms with E-state index in [4.69, 9.17) is 4.74 Å². The standard InChI is InChI=1S/C17H16FNO4/c1-22-13-5-3-4-11(8-13)9-16(20)19-15-7-6-12(18)10-14(15)17(21)23-2/h3-8,10H,9H2,1-2H3,(H,19,20). The molecule has 2 aromatic rings. The fourth-order valence-corrected chi connectivity index (χ4v) is 2.07. The van der Waals surface area contributed by atoms with Crippen LogP contribution in [-0.4, -0.2) is 26.1 Å². The molecule has 1 amide bonds. The highest BCUT2D eigenvalue weighted by Gasteiger charge is 2.15. The van der Waals surface area contributed by atoms with E-state index in [1.54, 1.807) is 31.4 Å². The number of hydrogen-bond acceptors (Lipinski definition) is 4. The van der Waals surface area contributed by atoms with Gasteiger partial charge in [-0.1, -0.05) is 12.1 Å². The summed E-state index contributed by atoms with van der Waals surface area (Å²) in [6.45, 7) is 0. The summed E-state index contributed by atoms with van der Waals surface area (Å²) in [4.78, 5) is 23.8. The predicted molar refractivity (Wildman–Crippen MR) is 83.1 cm³/mol. The van der Waals surface area contributed by atoms with E-state index < -0.39 is 11.8 Å². The van der Waals surface area contributed by atoms with E-state index in [1.807, 2.05) is 0 Å². The second kappa shape index (κ2) is 7.40. The van der Waals surface area contributed by atoms with E-state index in [9.17, 15) is 14.0 Å². The van der Waals surface area contributed by atoms with Gasteiger partial charge in [-0.3, -0.25) is 4.79 Å². The minimum absolute atomic E-state index is 0.0357. The van der Waals surface area contributed by atoms with Crippen LogP contribution in [0.3, 0.4) is 0 Å². The van der Waals surface area contributed by atoms with Gasteiger partial charge in [-0.2, -0.15) is 0 Å². The molecule has 0 bridgehead atoms. The zero-order valence-electron chi connectivity index (χ0n) is 12.8. The number of methoxy groups -OCH3 is 2. The molecule has 1 N–H and O–H groups in total. The van der Waals surface area contributed by atoms with Crippen LogP contribution >= 0.6 is 0 Å². The first-order valence-corrected chi connectivity index (χ1v) is 6.84. The number of rotatable bonds is 5. The van der Waals surface area contributed by atoms with Crippen LogP contribution in [0.2, 0.25) is 0 Å². The van der Waals surface area contributed by atoms with Gasteiger partial charge in [-0.25, -0.2) is 9.18 Å². The molecule has 120 valence electrons. The molecule has 0 aromatic heterocycles. The van der Waals surface area contributed by atoms with Crippen LogP contribution in [0.25, 0.3) is 0 Å². The zero-order valence-corrected chi connectivity index (χ0v) is 12.8. The molecule has 0 saturated heterocycles. The average molecular weight is 317 g/mol. The highest BCUT2D eigenvalue weighted by atomic mass is 19.1. The van der Waals surface area contributed by atoms with Gasteiger partial charge >= 0.3 is 5.97 Å². The van der Waals surface area contributed by atoms with Crippen molar-refractivity contribution in [2.24, 2.45) is 0 Å². The van der Waals surface area contributed by atoms with Crippen LogP contribution in [0.15, 0.2) is 42.5 Å². The number of benzene rings is 2. The Labute approximate surface area is 133 Å². The van der Waals surface area contributed by atoms with Crippen molar-refractivity contribution in [2.75, 3.05) is 19.5 Å². The van der Waals surface area contributed by atoms with Gasteiger partial charge in [0.25, 0.3) is 0 Å². The lowest BCUT2D eigenvalue weighted by molar-refractivity contribution is -0.115. The van der Waals surface area contributed by atoms with Gasteiger partial charge in [0.1, 0.15) is 11.6 Å². The maximum atomic E-state index is 13.3. The fourth-order valence-electron chi connectivity index (χ4n) is 2.07. The second-order valence-electron chi connectivity index (χ2n) is 4.76. The molecule has 0 radical (unpaired) electrons. The number of anilines is 1. The summed E-state index contributed by atoms with van der Waals surface area (Å²) in [6.07, 6.45) is 0.0924. The number of carbonyl (C=O) groups excluding carboxylic acids is 2. The maximum Gasteiger partial charge on any atom is 0.340 e. The van der Waals surface area contributed by atoms with Crippen LogP contribution in [0.5, 0.6) is 5.75 Å². The minimum Gasteiger partial charge on any atom is -0.497 e. The molecule has 6 heteroatoms. The van der Waals surface area contributed by atoms with Crippen LogP contribution in [0, 0.1) is 5.82 Å². The van der Waals surface area contributed by atoms with E-state index in [2.05, 4.69) is 10.1 Å². The molecule has 0 unspecified atom stereocenters. The summed E-state index contributed by atoms with van der Waals surface area (Å²) in [5, 5.41) is 2.59. The molecule has 23 heavy (non-hydrogen) atoms. The summed E-state index contributed by atoms with van der Waals surface area (Å²) in [5.74, 6) is -1.00. The monoisotopic (exact) mass is 317 g/mol. The Bertz CT molecular complexity index is 730. The summed E-state index contributed by atoms with van der Waals surface area (Å²) in [6, 6.07) is 10.6. The van der Waals surface area contributed by atoms with E-state index in [0.717, 1.165) is 17.7 Å². The Morgan fingerprint density at radius 2 is 1.91 bits per heavy atom. The van der Waals surface area contributed by atoms with Crippen molar-refractivity contribution in [3.8, 4) is 5.75 Å². The Morgan fingerprint density at radius 3 is 2.61 bits per heavy atom. The number of hydrogen-bond donors (Lipinski definition) is 1. The molecular formula is C17H16FNO4. The van der Waals surface area contributed by atoms with Gasteiger partial charge in [0.2, 0.25) is 5.91 Å². The van der Waals surface area contributed by atoms with Crippen molar-refractivity contribution in [1.82, 2.24) is 0 Å². The molecule has 5 nitrogen and oxygen atoms in total. The highest BCUT2D eigenvalue weighted by Crippen LogP contribution is 2.19. The molecule has 0 heterocycles. The van der Waals surface area contributed by atoms with E-state index in [0.29, 0.717) is 5.75 Å². The SMILES string of the molecule is COC(=O)c1cc(F)ccc1NC(=O)Cc1cccc(OC)c1. The fraction of sp³-hybridized carbons (Fsp3) is 0.176. The summed E-state index contributed by atoms with van der Waals surface area (Å²) in [7, 11) is 2.73. The van der Waals surface area contributed by atoms with Crippen molar-refractivity contribution in [1.29, 1.82) is 0 Å². The third-order valence-electron chi connectivity index (χ3n) is 3.16. The number of halogens is 1. The number of esters is 1. The molecule has 0 aliphatic heterocycles. The Balaban J connectivity index is 2.15. The smallest absolute Gasteiger partial charge is 0.340 e. The van der Waals surface area contributed by atoms with Crippen molar-refractivity contribution in [2.45, 2.75) is 6.42 Å². The number of ether oxygens (including phenoxy) is 2. The van der Waals surface area contributed by atoms with Gasteiger partial charge in [0, 0.05) is 0 Å². The van der Waals surface area contributed by atoms with Crippen LogP contribution in [0.4, 0.5) is 10.1 Å². The predicted octanol–water partition coefficient (Wildman–Crippen LogP) is 2.80. The molecule has 2 aromatic carbocycles. The van der Waals surface area contributed by atoms with Crippen LogP contribution < -0.4 is 10.1 Å². The molecule has 0 atom stereocenters. The van der Waals surface area contributed by atoms with Crippen molar-refractivity contribution >= 4 is 17.6 Å². The van der Waals surface area contributed by atoms with Crippen LogP contribution in [0.1, 0.15) is 15.9 Å². The summed E-state index contributed by atoms with van der Waals surface area (Å²) >= 11 is 0.